The summed E-state index contributed by atoms with van der Waals surface area (Å²) >= 11 is 5.98. The average molecular weight is 378 g/mol. The number of ether oxygens (including phenoxy) is 3. The van der Waals surface area contributed by atoms with Crippen molar-refractivity contribution in [2.45, 2.75) is 19.8 Å². The van der Waals surface area contributed by atoms with Crippen molar-refractivity contribution >= 4 is 23.2 Å². The first-order chi connectivity index (χ1) is 12.6. The molecule has 0 saturated heterocycles. The van der Waals surface area contributed by atoms with Crippen molar-refractivity contribution in [2.24, 2.45) is 0 Å². The van der Waals surface area contributed by atoms with Crippen LogP contribution in [0.4, 0.5) is 5.69 Å². The highest BCUT2D eigenvalue weighted by Crippen LogP contribution is 2.21. The highest BCUT2D eigenvalue weighted by Gasteiger charge is 2.04. The molecular weight excluding hydrogens is 354 g/mol. The summed E-state index contributed by atoms with van der Waals surface area (Å²) in [7, 11) is 1.63. The number of methoxy groups -OCH3 is 1. The van der Waals surface area contributed by atoms with Gasteiger partial charge in [0.1, 0.15) is 18.1 Å². The van der Waals surface area contributed by atoms with Gasteiger partial charge in [0, 0.05) is 24.2 Å². The molecule has 0 aliphatic carbocycles. The van der Waals surface area contributed by atoms with Crippen LogP contribution in [0.1, 0.15) is 18.4 Å². The van der Waals surface area contributed by atoms with Crippen LogP contribution >= 0.6 is 11.6 Å². The van der Waals surface area contributed by atoms with Crippen LogP contribution in [0.5, 0.6) is 11.5 Å². The first-order valence-corrected chi connectivity index (χ1v) is 8.87. The van der Waals surface area contributed by atoms with Gasteiger partial charge in [-0.25, -0.2) is 0 Å². The van der Waals surface area contributed by atoms with Gasteiger partial charge < -0.3 is 19.5 Å². The second kappa shape index (κ2) is 10.7. The Kier molecular flexibility index (Phi) is 8.25. The SMILES string of the molecule is COCCOc1ccc(NC(=O)CCCOc2ccc(Cl)c(C)c2)cc1. The van der Waals surface area contributed by atoms with Crippen molar-refractivity contribution < 1.29 is 19.0 Å². The Morgan fingerprint density at radius 1 is 1.00 bits per heavy atom. The second-order valence-corrected chi connectivity index (χ2v) is 6.18. The molecular formula is C20H24ClNO4. The minimum absolute atomic E-state index is 0.0473. The van der Waals surface area contributed by atoms with Gasteiger partial charge in [-0.05, 0) is 61.4 Å². The molecule has 0 aliphatic heterocycles. The molecule has 0 bridgehead atoms. The molecule has 1 amide bonds. The zero-order valence-corrected chi connectivity index (χ0v) is 15.8. The number of halogens is 1. The number of carbonyl (C=O) groups is 1. The zero-order chi connectivity index (χ0) is 18.8. The molecule has 0 fully saturated rings. The molecule has 0 spiro atoms. The minimum atomic E-state index is -0.0473. The van der Waals surface area contributed by atoms with E-state index in [9.17, 15) is 4.79 Å². The van der Waals surface area contributed by atoms with E-state index in [1.807, 2.05) is 49.4 Å². The minimum Gasteiger partial charge on any atom is -0.494 e. The lowest BCUT2D eigenvalue weighted by atomic mass is 10.2. The van der Waals surface area contributed by atoms with E-state index in [1.165, 1.54) is 0 Å². The van der Waals surface area contributed by atoms with E-state index < -0.39 is 0 Å². The van der Waals surface area contributed by atoms with Gasteiger partial charge in [0.05, 0.1) is 13.2 Å². The fourth-order valence-electron chi connectivity index (χ4n) is 2.23. The van der Waals surface area contributed by atoms with Crippen molar-refractivity contribution in [3.05, 3.63) is 53.1 Å². The molecule has 6 heteroatoms. The third kappa shape index (κ3) is 6.94. The Morgan fingerprint density at radius 3 is 2.38 bits per heavy atom. The molecule has 2 aromatic carbocycles. The molecule has 140 valence electrons. The number of anilines is 1. The smallest absolute Gasteiger partial charge is 0.224 e. The van der Waals surface area contributed by atoms with Crippen LogP contribution in [0.25, 0.3) is 0 Å². The normalized spacial score (nSPS) is 10.4. The summed E-state index contributed by atoms with van der Waals surface area (Å²) in [5.74, 6) is 1.46. The van der Waals surface area contributed by atoms with Crippen molar-refractivity contribution in [3.8, 4) is 11.5 Å². The van der Waals surface area contributed by atoms with E-state index in [0.717, 1.165) is 22.7 Å². The van der Waals surface area contributed by atoms with Crippen molar-refractivity contribution in [1.82, 2.24) is 0 Å². The number of nitrogens with one attached hydrogen (secondary N) is 1. The third-order valence-corrected chi connectivity index (χ3v) is 4.06. The highest BCUT2D eigenvalue weighted by atomic mass is 35.5. The fraction of sp³-hybridized carbons (Fsp3) is 0.350. The number of amides is 1. The maximum Gasteiger partial charge on any atom is 0.224 e. The maximum atomic E-state index is 12.0. The number of aryl methyl sites for hydroxylation is 1. The van der Waals surface area contributed by atoms with Crippen molar-refractivity contribution in [1.29, 1.82) is 0 Å². The number of hydrogen-bond donors (Lipinski definition) is 1. The molecule has 2 aromatic rings. The lowest BCUT2D eigenvalue weighted by Gasteiger charge is -2.09. The first kappa shape index (κ1) is 20.1. The number of carbonyl (C=O) groups excluding carboxylic acids is 1. The van der Waals surface area contributed by atoms with Gasteiger partial charge in [0.15, 0.2) is 0 Å². The van der Waals surface area contributed by atoms with Crippen molar-refractivity contribution in [2.75, 3.05) is 32.2 Å². The fourth-order valence-corrected chi connectivity index (χ4v) is 2.35. The molecule has 0 radical (unpaired) electrons. The number of benzene rings is 2. The van der Waals surface area contributed by atoms with E-state index in [2.05, 4.69) is 5.32 Å². The largest absolute Gasteiger partial charge is 0.494 e. The summed E-state index contributed by atoms with van der Waals surface area (Å²) < 4.78 is 16.0. The number of rotatable bonds is 10. The Labute approximate surface area is 159 Å². The third-order valence-electron chi connectivity index (χ3n) is 3.64. The molecule has 0 atom stereocenters. The summed E-state index contributed by atoms with van der Waals surface area (Å²) in [4.78, 5) is 12.0. The Hall–Kier alpha value is -2.24. The second-order valence-electron chi connectivity index (χ2n) is 5.78. The van der Waals surface area contributed by atoms with Gasteiger partial charge in [-0.15, -0.1) is 0 Å². The van der Waals surface area contributed by atoms with Gasteiger partial charge in [-0.3, -0.25) is 4.79 Å². The van der Waals surface area contributed by atoms with Crippen LogP contribution in [0.15, 0.2) is 42.5 Å². The Balaban J connectivity index is 1.67. The lowest BCUT2D eigenvalue weighted by molar-refractivity contribution is -0.116. The van der Waals surface area contributed by atoms with E-state index in [-0.39, 0.29) is 5.91 Å². The molecule has 0 aliphatic rings. The van der Waals surface area contributed by atoms with E-state index in [0.29, 0.717) is 37.7 Å². The quantitative estimate of drug-likeness (QED) is 0.620. The molecule has 2 rings (SSSR count). The molecule has 26 heavy (non-hydrogen) atoms. The molecule has 0 aromatic heterocycles. The van der Waals surface area contributed by atoms with E-state index in [4.69, 9.17) is 25.8 Å². The predicted molar refractivity (Wildman–Crippen MR) is 103 cm³/mol. The van der Waals surface area contributed by atoms with Gasteiger partial charge in [0.25, 0.3) is 0 Å². The first-order valence-electron chi connectivity index (χ1n) is 8.49. The van der Waals surface area contributed by atoms with Crippen LogP contribution in [0.2, 0.25) is 5.02 Å². The summed E-state index contributed by atoms with van der Waals surface area (Å²) in [5.41, 5.74) is 1.71. The van der Waals surface area contributed by atoms with Crippen LogP contribution in [0, 0.1) is 6.92 Å². The maximum absolute atomic E-state index is 12.0. The summed E-state index contributed by atoms with van der Waals surface area (Å²) in [6, 6.07) is 12.8. The van der Waals surface area contributed by atoms with Gasteiger partial charge in [-0.2, -0.15) is 0 Å². The molecule has 0 unspecified atom stereocenters. The Bertz CT molecular complexity index is 703. The predicted octanol–water partition coefficient (Wildman–Crippen LogP) is 4.47. The monoisotopic (exact) mass is 377 g/mol. The van der Waals surface area contributed by atoms with Crippen molar-refractivity contribution in [3.63, 3.8) is 0 Å². The standard InChI is InChI=1S/C20H24ClNO4/c1-15-14-18(9-10-19(15)21)25-11-3-4-20(23)22-16-5-7-17(8-6-16)26-13-12-24-2/h5-10,14H,3-4,11-13H2,1-2H3,(H,22,23). The Morgan fingerprint density at radius 2 is 1.69 bits per heavy atom. The molecule has 5 nitrogen and oxygen atoms in total. The highest BCUT2D eigenvalue weighted by molar-refractivity contribution is 6.31. The summed E-state index contributed by atoms with van der Waals surface area (Å²) in [6.07, 6.45) is 1.02. The summed E-state index contributed by atoms with van der Waals surface area (Å²) in [5, 5.41) is 3.57. The van der Waals surface area contributed by atoms with Crippen LogP contribution < -0.4 is 14.8 Å². The molecule has 1 N–H and O–H groups in total. The lowest BCUT2D eigenvalue weighted by Crippen LogP contribution is -2.12. The van der Waals surface area contributed by atoms with Crippen LogP contribution in [-0.4, -0.2) is 32.8 Å². The van der Waals surface area contributed by atoms with Crippen LogP contribution in [0.3, 0.4) is 0 Å². The van der Waals surface area contributed by atoms with Gasteiger partial charge >= 0.3 is 0 Å². The number of hydrogen-bond acceptors (Lipinski definition) is 4. The topological polar surface area (TPSA) is 56.8 Å². The van der Waals surface area contributed by atoms with Gasteiger partial charge in [-0.1, -0.05) is 11.6 Å². The van der Waals surface area contributed by atoms with Crippen LogP contribution in [-0.2, 0) is 9.53 Å². The average Bonchev–Trinajstić information content (AvgIpc) is 2.63. The van der Waals surface area contributed by atoms with Gasteiger partial charge in [0.2, 0.25) is 5.91 Å². The zero-order valence-electron chi connectivity index (χ0n) is 15.1. The van der Waals surface area contributed by atoms with E-state index in [1.54, 1.807) is 7.11 Å². The van der Waals surface area contributed by atoms with E-state index >= 15 is 0 Å². The summed E-state index contributed by atoms with van der Waals surface area (Å²) in [6.45, 7) is 3.43. The molecule has 0 saturated carbocycles. The molecule has 0 heterocycles.